The van der Waals surface area contributed by atoms with Crippen LogP contribution in [0, 0.1) is 5.92 Å². The molecule has 1 amide bonds. The number of amides is 1. The van der Waals surface area contributed by atoms with Crippen molar-refractivity contribution in [2.75, 3.05) is 25.7 Å². The van der Waals surface area contributed by atoms with E-state index in [0.717, 1.165) is 0 Å². The SMILES string of the molecule is COC(=O)c1cccc(N2C(=O)C(=O)/C(=C(/O)c3cccc(OCC(C)C)c3)C2c2cccc(OC)c2)c1. The van der Waals surface area contributed by atoms with Crippen LogP contribution in [0.1, 0.15) is 41.4 Å². The van der Waals surface area contributed by atoms with Gasteiger partial charge in [-0.3, -0.25) is 14.5 Å². The highest BCUT2D eigenvalue weighted by Gasteiger charge is 2.47. The Bertz CT molecular complexity index is 1410. The lowest BCUT2D eigenvalue weighted by Gasteiger charge is -2.26. The van der Waals surface area contributed by atoms with Gasteiger partial charge in [0.2, 0.25) is 0 Å². The zero-order chi connectivity index (χ0) is 27.4. The number of ketones is 1. The summed E-state index contributed by atoms with van der Waals surface area (Å²) >= 11 is 0. The summed E-state index contributed by atoms with van der Waals surface area (Å²) < 4.78 is 16.0. The summed E-state index contributed by atoms with van der Waals surface area (Å²) in [7, 11) is 2.77. The Morgan fingerprint density at radius 1 is 0.921 bits per heavy atom. The van der Waals surface area contributed by atoms with Crippen molar-refractivity contribution >= 4 is 29.1 Å². The number of Topliss-reactive ketones (excluding diaryl/α,β-unsaturated/α-hetero) is 1. The van der Waals surface area contributed by atoms with Crippen molar-refractivity contribution in [1.82, 2.24) is 0 Å². The van der Waals surface area contributed by atoms with Gasteiger partial charge in [0.15, 0.2) is 0 Å². The highest BCUT2D eigenvalue weighted by atomic mass is 16.5. The van der Waals surface area contributed by atoms with Crippen molar-refractivity contribution in [2.45, 2.75) is 19.9 Å². The Hall–Kier alpha value is -4.59. The van der Waals surface area contributed by atoms with Gasteiger partial charge in [-0.1, -0.05) is 44.2 Å². The molecule has 0 radical (unpaired) electrons. The predicted molar refractivity (Wildman–Crippen MR) is 142 cm³/mol. The zero-order valence-corrected chi connectivity index (χ0v) is 21.6. The first kappa shape index (κ1) is 26.5. The minimum Gasteiger partial charge on any atom is -0.507 e. The third-order valence-electron chi connectivity index (χ3n) is 6.09. The molecule has 0 saturated carbocycles. The lowest BCUT2D eigenvalue weighted by molar-refractivity contribution is -0.132. The van der Waals surface area contributed by atoms with Crippen molar-refractivity contribution in [3.8, 4) is 11.5 Å². The van der Waals surface area contributed by atoms with Crippen LogP contribution in [-0.4, -0.2) is 43.6 Å². The molecule has 3 aromatic rings. The van der Waals surface area contributed by atoms with Crippen LogP contribution in [0.5, 0.6) is 11.5 Å². The monoisotopic (exact) mass is 515 g/mol. The van der Waals surface area contributed by atoms with Crippen LogP contribution in [0.25, 0.3) is 5.76 Å². The van der Waals surface area contributed by atoms with Crippen molar-refractivity contribution in [3.63, 3.8) is 0 Å². The number of hydrogen-bond acceptors (Lipinski definition) is 7. The zero-order valence-electron chi connectivity index (χ0n) is 21.6. The van der Waals surface area contributed by atoms with Crippen LogP contribution in [0.4, 0.5) is 5.69 Å². The van der Waals surface area contributed by atoms with Gasteiger partial charge in [0.1, 0.15) is 17.3 Å². The van der Waals surface area contributed by atoms with Gasteiger partial charge in [0, 0.05) is 11.3 Å². The fourth-order valence-corrected chi connectivity index (χ4v) is 4.28. The summed E-state index contributed by atoms with van der Waals surface area (Å²) in [5.41, 5.74) is 1.30. The third kappa shape index (κ3) is 5.25. The van der Waals surface area contributed by atoms with Crippen LogP contribution in [0.2, 0.25) is 0 Å². The molecule has 0 bridgehead atoms. The second-order valence-electron chi connectivity index (χ2n) is 9.22. The molecular formula is C30H29NO7. The first-order valence-electron chi connectivity index (χ1n) is 12.1. The Balaban J connectivity index is 1.89. The molecule has 1 aliphatic heterocycles. The number of aliphatic hydroxyl groups is 1. The van der Waals surface area contributed by atoms with E-state index in [1.165, 1.54) is 25.2 Å². The molecule has 1 saturated heterocycles. The highest BCUT2D eigenvalue weighted by molar-refractivity contribution is 6.51. The Labute approximate surface area is 221 Å². The number of nitrogens with zero attached hydrogens (tertiary/aromatic N) is 1. The van der Waals surface area contributed by atoms with Gasteiger partial charge in [0.05, 0.1) is 38.0 Å². The molecule has 1 aliphatic rings. The summed E-state index contributed by atoms with van der Waals surface area (Å²) in [6.07, 6.45) is 0. The Kier molecular flexibility index (Phi) is 7.81. The van der Waals surface area contributed by atoms with E-state index in [2.05, 4.69) is 0 Å². The summed E-state index contributed by atoms with van der Waals surface area (Å²) in [5, 5.41) is 11.4. The molecule has 1 fully saturated rings. The van der Waals surface area contributed by atoms with Gasteiger partial charge in [0.25, 0.3) is 11.7 Å². The van der Waals surface area contributed by atoms with E-state index in [-0.39, 0.29) is 16.9 Å². The molecule has 1 atom stereocenters. The van der Waals surface area contributed by atoms with Crippen LogP contribution >= 0.6 is 0 Å². The molecule has 1 N–H and O–H groups in total. The molecule has 1 unspecified atom stereocenters. The molecule has 8 nitrogen and oxygen atoms in total. The van der Waals surface area contributed by atoms with E-state index in [1.54, 1.807) is 66.7 Å². The van der Waals surface area contributed by atoms with Crippen molar-refractivity contribution in [3.05, 3.63) is 95.1 Å². The fraction of sp³-hybridized carbons (Fsp3) is 0.233. The summed E-state index contributed by atoms with van der Waals surface area (Å²) in [6.45, 7) is 4.53. The van der Waals surface area contributed by atoms with Crippen LogP contribution in [0.15, 0.2) is 78.4 Å². The maximum atomic E-state index is 13.5. The van der Waals surface area contributed by atoms with Crippen LogP contribution in [0.3, 0.4) is 0 Å². The third-order valence-corrected chi connectivity index (χ3v) is 6.09. The van der Waals surface area contributed by atoms with Gasteiger partial charge in [-0.2, -0.15) is 0 Å². The second kappa shape index (κ2) is 11.2. The molecule has 8 heteroatoms. The van der Waals surface area contributed by atoms with E-state index < -0.39 is 23.7 Å². The quantitative estimate of drug-likeness (QED) is 0.192. The minimum absolute atomic E-state index is 0.0901. The van der Waals surface area contributed by atoms with Gasteiger partial charge in [-0.25, -0.2) is 4.79 Å². The van der Waals surface area contributed by atoms with E-state index in [1.807, 2.05) is 13.8 Å². The Morgan fingerprint density at radius 3 is 2.32 bits per heavy atom. The van der Waals surface area contributed by atoms with E-state index in [4.69, 9.17) is 14.2 Å². The normalized spacial score (nSPS) is 16.6. The second-order valence-corrected chi connectivity index (χ2v) is 9.22. The first-order chi connectivity index (χ1) is 18.2. The van der Waals surface area contributed by atoms with Crippen molar-refractivity contribution in [1.29, 1.82) is 0 Å². The number of rotatable bonds is 8. The van der Waals surface area contributed by atoms with Crippen molar-refractivity contribution in [2.24, 2.45) is 5.92 Å². The molecule has 0 aromatic heterocycles. The summed E-state index contributed by atoms with van der Waals surface area (Å²) in [6, 6.07) is 18.9. The minimum atomic E-state index is -0.988. The number of ether oxygens (including phenoxy) is 3. The smallest absolute Gasteiger partial charge is 0.337 e. The van der Waals surface area contributed by atoms with Gasteiger partial charge >= 0.3 is 5.97 Å². The van der Waals surface area contributed by atoms with Crippen LogP contribution in [-0.2, 0) is 14.3 Å². The molecule has 38 heavy (non-hydrogen) atoms. The molecule has 0 spiro atoms. The molecule has 0 aliphatic carbocycles. The van der Waals surface area contributed by atoms with Gasteiger partial charge in [-0.05, 0) is 53.9 Å². The number of carbonyl (C=O) groups is 3. The largest absolute Gasteiger partial charge is 0.507 e. The number of aliphatic hydroxyl groups excluding tert-OH is 1. The van der Waals surface area contributed by atoms with Gasteiger partial charge in [-0.15, -0.1) is 0 Å². The number of carbonyl (C=O) groups excluding carboxylic acids is 3. The highest BCUT2D eigenvalue weighted by Crippen LogP contribution is 2.43. The topological polar surface area (TPSA) is 102 Å². The standard InChI is InChI=1S/C30H29NO7/c1-18(2)17-38-24-13-7-9-20(16-24)27(32)25-26(19-8-6-12-23(15-19)36-3)31(29(34)28(25)33)22-11-5-10-21(14-22)30(35)37-4/h5-16,18,26,32H,17H2,1-4H3/b27-25+. The van der Waals surface area contributed by atoms with E-state index >= 15 is 0 Å². The number of methoxy groups -OCH3 is 2. The molecule has 4 rings (SSSR count). The average molecular weight is 516 g/mol. The predicted octanol–water partition coefficient (Wildman–Crippen LogP) is 5.14. The molecule has 3 aromatic carbocycles. The van der Waals surface area contributed by atoms with E-state index in [0.29, 0.717) is 40.8 Å². The maximum absolute atomic E-state index is 13.5. The average Bonchev–Trinajstić information content (AvgIpc) is 3.21. The fourth-order valence-electron chi connectivity index (χ4n) is 4.28. The van der Waals surface area contributed by atoms with Crippen molar-refractivity contribution < 1.29 is 33.7 Å². The summed E-state index contributed by atoms with van der Waals surface area (Å²) in [5.74, 6) is -1.27. The van der Waals surface area contributed by atoms with E-state index in [9.17, 15) is 19.5 Å². The van der Waals surface area contributed by atoms with Crippen LogP contribution < -0.4 is 14.4 Å². The summed E-state index contributed by atoms with van der Waals surface area (Å²) in [4.78, 5) is 40.3. The van der Waals surface area contributed by atoms with Gasteiger partial charge < -0.3 is 19.3 Å². The number of hydrogen-bond donors (Lipinski definition) is 1. The Morgan fingerprint density at radius 2 is 1.61 bits per heavy atom. The molecule has 196 valence electrons. The lowest BCUT2D eigenvalue weighted by atomic mass is 9.95. The molecular weight excluding hydrogens is 486 g/mol. The number of benzene rings is 3. The first-order valence-corrected chi connectivity index (χ1v) is 12.1. The number of esters is 1. The number of anilines is 1. The lowest BCUT2D eigenvalue weighted by Crippen LogP contribution is -2.29. The maximum Gasteiger partial charge on any atom is 0.337 e. The molecule has 1 heterocycles.